The molecule has 4 heteroatoms. The van der Waals surface area contributed by atoms with Crippen LogP contribution in [-0.4, -0.2) is 18.1 Å². The highest BCUT2D eigenvalue weighted by Gasteiger charge is 2.36. The number of ether oxygens (including phenoxy) is 1. The van der Waals surface area contributed by atoms with E-state index in [9.17, 15) is 13.9 Å². The molecule has 0 fully saturated rings. The lowest BCUT2D eigenvalue weighted by Gasteiger charge is -2.32. The molecule has 1 aromatic carbocycles. The van der Waals surface area contributed by atoms with Gasteiger partial charge in [-0.15, -0.1) is 0 Å². The summed E-state index contributed by atoms with van der Waals surface area (Å²) in [5.41, 5.74) is -1.000. The van der Waals surface area contributed by atoms with Crippen molar-refractivity contribution in [1.29, 1.82) is 0 Å². The van der Waals surface area contributed by atoms with E-state index >= 15 is 0 Å². The highest BCUT2D eigenvalue weighted by molar-refractivity contribution is 5.31. The van der Waals surface area contributed by atoms with E-state index in [4.69, 9.17) is 4.74 Å². The summed E-state index contributed by atoms with van der Waals surface area (Å²) in [6, 6.07) is 6.68. The van der Waals surface area contributed by atoms with E-state index in [1.807, 2.05) is 6.92 Å². The van der Waals surface area contributed by atoms with E-state index in [1.54, 1.807) is 38.1 Å². The smallest absolute Gasteiger partial charge is 0.241 e. The van der Waals surface area contributed by atoms with Crippen LogP contribution in [0.2, 0.25) is 0 Å². The third-order valence-corrected chi connectivity index (χ3v) is 3.09. The fourth-order valence-corrected chi connectivity index (χ4v) is 1.93. The van der Waals surface area contributed by atoms with Gasteiger partial charge in [0.2, 0.25) is 6.43 Å². The second-order valence-corrected chi connectivity index (χ2v) is 4.63. The predicted molar refractivity (Wildman–Crippen MR) is 67.0 cm³/mol. The van der Waals surface area contributed by atoms with Crippen LogP contribution in [0.15, 0.2) is 24.3 Å². The van der Waals surface area contributed by atoms with E-state index in [-0.39, 0.29) is 5.92 Å². The molecule has 1 N–H and O–H groups in total. The van der Waals surface area contributed by atoms with Gasteiger partial charge in [-0.2, -0.15) is 0 Å². The first-order valence-corrected chi connectivity index (χ1v) is 6.14. The SMILES string of the molecule is CCOc1ccc(C(O)(CC(F)F)C(C)C)cc1. The van der Waals surface area contributed by atoms with Crippen LogP contribution in [0.3, 0.4) is 0 Å². The summed E-state index contributed by atoms with van der Waals surface area (Å²) >= 11 is 0. The zero-order valence-electron chi connectivity index (χ0n) is 11.0. The summed E-state index contributed by atoms with van der Waals surface area (Å²) in [5, 5.41) is 10.4. The Bertz CT molecular complexity index is 363. The number of alkyl halides is 2. The van der Waals surface area contributed by atoms with Gasteiger partial charge in [0.15, 0.2) is 0 Å². The lowest BCUT2D eigenvalue weighted by atomic mass is 9.81. The number of aliphatic hydroxyl groups is 1. The Morgan fingerprint density at radius 3 is 2.17 bits per heavy atom. The minimum Gasteiger partial charge on any atom is -0.494 e. The van der Waals surface area contributed by atoms with Crippen LogP contribution in [0, 0.1) is 5.92 Å². The van der Waals surface area contributed by atoms with E-state index in [2.05, 4.69) is 0 Å². The first-order valence-electron chi connectivity index (χ1n) is 6.14. The summed E-state index contributed by atoms with van der Waals surface area (Å²) in [7, 11) is 0. The third kappa shape index (κ3) is 3.42. The van der Waals surface area contributed by atoms with Crippen molar-refractivity contribution in [3.8, 4) is 5.75 Å². The second kappa shape index (κ2) is 6.14. The normalized spacial score (nSPS) is 14.9. The van der Waals surface area contributed by atoms with Crippen molar-refractivity contribution >= 4 is 0 Å². The molecule has 102 valence electrons. The van der Waals surface area contributed by atoms with Gasteiger partial charge >= 0.3 is 0 Å². The van der Waals surface area contributed by atoms with Gasteiger partial charge in [0, 0.05) is 6.42 Å². The molecule has 0 radical (unpaired) electrons. The van der Waals surface area contributed by atoms with Crippen molar-refractivity contribution < 1.29 is 18.6 Å². The molecular formula is C14H20F2O2. The molecule has 1 aromatic rings. The summed E-state index contributed by atoms with van der Waals surface area (Å²) in [4.78, 5) is 0. The van der Waals surface area contributed by atoms with Crippen molar-refractivity contribution in [2.45, 2.75) is 39.2 Å². The van der Waals surface area contributed by atoms with Crippen LogP contribution in [0.5, 0.6) is 5.75 Å². The lowest BCUT2D eigenvalue weighted by Crippen LogP contribution is -2.34. The summed E-state index contributed by atoms with van der Waals surface area (Å²) in [5.74, 6) is 0.383. The maximum Gasteiger partial charge on any atom is 0.241 e. The number of hydrogen-bond acceptors (Lipinski definition) is 2. The van der Waals surface area contributed by atoms with Gasteiger partial charge in [-0.1, -0.05) is 26.0 Å². The number of hydrogen-bond donors (Lipinski definition) is 1. The quantitative estimate of drug-likeness (QED) is 0.845. The lowest BCUT2D eigenvalue weighted by molar-refractivity contribution is -0.0606. The van der Waals surface area contributed by atoms with Crippen molar-refractivity contribution in [1.82, 2.24) is 0 Å². The predicted octanol–water partition coefficient (Wildman–Crippen LogP) is 3.58. The molecule has 0 saturated heterocycles. The maximum atomic E-state index is 12.6. The zero-order chi connectivity index (χ0) is 13.8. The average Bonchev–Trinajstić information content (AvgIpc) is 2.29. The van der Waals surface area contributed by atoms with Gasteiger partial charge in [0.25, 0.3) is 0 Å². The Morgan fingerprint density at radius 1 is 1.22 bits per heavy atom. The standard InChI is InChI=1S/C14H20F2O2/c1-4-18-12-7-5-11(6-8-12)14(17,10(2)3)9-13(15)16/h5-8,10,13,17H,4,9H2,1-3H3. The first-order chi connectivity index (χ1) is 8.40. The molecular weight excluding hydrogens is 238 g/mol. The first kappa shape index (κ1) is 14.9. The molecule has 0 aromatic heterocycles. The third-order valence-electron chi connectivity index (χ3n) is 3.09. The summed E-state index contributed by atoms with van der Waals surface area (Å²) in [6.45, 7) is 5.89. The molecule has 0 spiro atoms. The van der Waals surface area contributed by atoms with E-state index in [0.717, 1.165) is 0 Å². The zero-order valence-corrected chi connectivity index (χ0v) is 11.0. The number of benzene rings is 1. The summed E-state index contributed by atoms with van der Waals surface area (Å²) in [6.07, 6.45) is -3.09. The maximum absolute atomic E-state index is 12.6. The van der Waals surface area contributed by atoms with E-state index in [1.165, 1.54) is 0 Å². The Hall–Kier alpha value is -1.16. The van der Waals surface area contributed by atoms with E-state index in [0.29, 0.717) is 17.9 Å². The molecule has 0 aliphatic heterocycles. The Labute approximate surface area is 107 Å². The van der Waals surface area contributed by atoms with Gasteiger partial charge in [-0.25, -0.2) is 8.78 Å². The molecule has 0 aliphatic carbocycles. The minimum absolute atomic E-state index is 0.288. The minimum atomic E-state index is -2.54. The molecule has 1 unspecified atom stereocenters. The number of rotatable bonds is 6. The topological polar surface area (TPSA) is 29.5 Å². The van der Waals surface area contributed by atoms with Crippen molar-refractivity contribution in [2.75, 3.05) is 6.61 Å². The molecule has 0 bridgehead atoms. The van der Waals surface area contributed by atoms with Crippen LogP contribution in [-0.2, 0) is 5.60 Å². The van der Waals surface area contributed by atoms with Crippen LogP contribution in [0.4, 0.5) is 8.78 Å². The number of halogens is 2. The van der Waals surface area contributed by atoms with Crippen LogP contribution >= 0.6 is 0 Å². The van der Waals surface area contributed by atoms with Crippen molar-refractivity contribution in [3.63, 3.8) is 0 Å². The van der Waals surface area contributed by atoms with E-state index < -0.39 is 18.4 Å². The van der Waals surface area contributed by atoms with Crippen LogP contribution in [0.25, 0.3) is 0 Å². The highest BCUT2D eigenvalue weighted by Crippen LogP contribution is 2.35. The van der Waals surface area contributed by atoms with Crippen molar-refractivity contribution in [2.24, 2.45) is 5.92 Å². The Morgan fingerprint density at radius 2 is 1.78 bits per heavy atom. The molecule has 1 rings (SSSR count). The fraction of sp³-hybridized carbons (Fsp3) is 0.571. The molecule has 0 heterocycles. The summed E-state index contributed by atoms with van der Waals surface area (Å²) < 4.78 is 30.5. The molecule has 1 atom stereocenters. The molecule has 2 nitrogen and oxygen atoms in total. The largest absolute Gasteiger partial charge is 0.494 e. The van der Waals surface area contributed by atoms with Crippen LogP contribution in [0.1, 0.15) is 32.8 Å². The van der Waals surface area contributed by atoms with Gasteiger partial charge in [-0.05, 0) is 30.5 Å². The molecule has 18 heavy (non-hydrogen) atoms. The Kier molecular flexibility index (Phi) is 5.08. The molecule has 0 aliphatic rings. The Balaban J connectivity index is 2.99. The monoisotopic (exact) mass is 258 g/mol. The van der Waals surface area contributed by atoms with Gasteiger partial charge in [-0.3, -0.25) is 0 Å². The highest BCUT2D eigenvalue weighted by atomic mass is 19.3. The van der Waals surface area contributed by atoms with Crippen molar-refractivity contribution in [3.05, 3.63) is 29.8 Å². The molecule has 0 amide bonds. The van der Waals surface area contributed by atoms with Crippen LogP contribution < -0.4 is 4.74 Å². The van der Waals surface area contributed by atoms with Gasteiger partial charge in [0.05, 0.1) is 12.2 Å². The second-order valence-electron chi connectivity index (χ2n) is 4.63. The van der Waals surface area contributed by atoms with Gasteiger partial charge in [0.1, 0.15) is 5.75 Å². The fourth-order valence-electron chi connectivity index (χ4n) is 1.93. The average molecular weight is 258 g/mol. The van der Waals surface area contributed by atoms with Gasteiger partial charge < -0.3 is 9.84 Å². The molecule has 0 saturated carbocycles.